The lowest BCUT2D eigenvalue weighted by Gasteiger charge is -2.38. The van der Waals surface area contributed by atoms with Crippen molar-refractivity contribution in [1.29, 1.82) is 0 Å². The molecule has 2 heterocycles. The van der Waals surface area contributed by atoms with Gasteiger partial charge in [-0.25, -0.2) is 8.78 Å². The molecule has 41 heavy (non-hydrogen) atoms. The van der Waals surface area contributed by atoms with E-state index < -0.39 is 48.0 Å². The first-order valence-electron chi connectivity index (χ1n) is 13.7. The summed E-state index contributed by atoms with van der Waals surface area (Å²) in [7, 11) is 0. The van der Waals surface area contributed by atoms with Crippen LogP contribution in [0.4, 0.5) is 22.0 Å². The Bertz CT molecular complexity index is 1250. The Balaban J connectivity index is 1.60. The highest BCUT2D eigenvalue weighted by atomic mass is 35.5. The Morgan fingerprint density at radius 2 is 1.63 bits per heavy atom. The molecule has 4 rings (SSSR count). The van der Waals surface area contributed by atoms with Gasteiger partial charge in [0.05, 0.1) is 12.0 Å². The quantitative estimate of drug-likeness (QED) is 0.373. The fourth-order valence-corrected chi connectivity index (χ4v) is 6.03. The number of alkyl halides is 3. The van der Waals surface area contributed by atoms with E-state index in [2.05, 4.69) is 4.90 Å². The van der Waals surface area contributed by atoms with E-state index in [9.17, 15) is 31.5 Å². The highest BCUT2D eigenvalue weighted by molar-refractivity contribution is 6.30. The van der Waals surface area contributed by atoms with Crippen molar-refractivity contribution in [3.8, 4) is 0 Å². The number of carbonyl (C=O) groups is 2. The van der Waals surface area contributed by atoms with Gasteiger partial charge in [0.25, 0.3) is 0 Å². The highest BCUT2D eigenvalue weighted by Crippen LogP contribution is 2.39. The molecule has 0 N–H and O–H groups in total. The minimum Gasteiger partial charge on any atom is -0.341 e. The monoisotopic (exact) mass is 599 g/mol. The molecular weight excluding hydrogens is 565 g/mol. The molecule has 2 saturated heterocycles. The summed E-state index contributed by atoms with van der Waals surface area (Å²) >= 11 is 6.00. The van der Waals surface area contributed by atoms with Crippen molar-refractivity contribution in [2.24, 2.45) is 5.92 Å². The summed E-state index contributed by atoms with van der Waals surface area (Å²) in [5, 5.41) is 0.470. The normalized spacial score (nSPS) is 22.9. The predicted octanol–water partition coefficient (Wildman–Crippen LogP) is 6.58. The van der Waals surface area contributed by atoms with Crippen LogP contribution in [0, 0.1) is 17.6 Å². The molecule has 0 unspecified atom stereocenters. The van der Waals surface area contributed by atoms with Crippen molar-refractivity contribution in [2.75, 3.05) is 32.7 Å². The van der Waals surface area contributed by atoms with E-state index in [0.717, 1.165) is 6.07 Å². The molecule has 2 aliphatic rings. The zero-order valence-corrected chi connectivity index (χ0v) is 24.1. The molecule has 2 aromatic carbocycles. The van der Waals surface area contributed by atoms with Gasteiger partial charge in [-0.05, 0) is 62.9 Å². The average Bonchev–Trinajstić information content (AvgIpc) is 3.29. The molecule has 2 aromatic rings. The first kappa shape index (κ1) is 31.2. The Morgan fingerprint density at radius 3 is 2.24 bits per heavy atom. The third-order valence-electron chi connectivity index (χ3n) is 8.08. The van der Waals surface area contributed by atoms with Crippen LogP contribution in [0.3, 0.4) is 0 Å². The van der Waals surface area contributed by atoms with E-state index in [0.29, 0.717) is 43.1 Å². The maximum atomic E-state index is 14.9. The van der Waals surface area contributed by atoms with Gasteiger partial charge < -0.3 is 9.80 Å². The maximum Gasteiger partial charge on any atom is 0.397 e. The van der Waals surface area contributed by atoms with Crippen LogP contribution >= 0.6 is 11.6 Å². The summed E-state index contributed by atoms with van der Waals surface area (Å²) in [6, 6.07) is 9.44. The fraction of sp³-hybridized carbons (Fsp3) is 0.533. The zero-order valence-electron chi connectivity index (χ0n) is 23.4. The van der Waals surface area contributed by atoms with Crippen molar-refractivity contribution in [2.45, 2.75) is 63.7 Å². The van der Waals surface area contributed by atoms with E-state index in [4.69, 9.17) is 11.6 Å². The number of amides is 2. The van der Waals surface area contributed by atoms with Crippen molar-refractivity contribution >= 4 is 23.4 Å². The fourth-order valence-electron chi connectivity index (χ4n) is 5.90. The Labute approximate surface area is 242 Å². The van der Waals surface area contributed by atoms with Crippen LogP contribution in [-0.4, -0.2) is 71.0 Å². The van der Waals surface area contributed by atoms with Crippen LogP contribution in [0.5, 0.6) is 0 Å². The van der Waals surface area contributed by atoms with Crippen LogP contribution in [0.15, 0.2) is 42.5 Å². The summed E-state index contributed by atoms with van der Waals surface area (Å²) < 4.78 is 68.3. The molecule has 0 aliphatic carbocycles. The first-order chi connectivity index (χ1) is 19.1. The van der Waals surface area contributed by atoms with E-state index in [1.54, 1.807) is 29.2 Å². The Hall–Kier alpha value is -2.72. The topological polar surface area (TPSA) is 43.9 Å². The summed E-state index contributed by atoms with van der Waals surface area (Å²) in [5.41, 5.74) is 0.619. The van der Waals surface area contributed by atoms with Gasteiger partial charge in [0.15, 0.2) is 0 Å². The van der Waals surface area contributed by atoms with Gasteiger partial charge in [-0.2, -0.15) is 13.2 Å². The predicted molar refractivity (Wildman–Crippen MR) is 146 cm³/mol. The van der Waals surface area contributed by atoms with Gasteiger partial charge in [0, 0.05) is 55.3 Å². The standard InChI is InChI=1S/C30H35ClF5N3O2/c1-29(2,3)38-17-23(22-11-10-21(32)15-25(22)33)24(18-38)28(41)37-12-4-5-26(19-6-8-20(31)9-7-19)39(14-13-37)27(40)16-30(34,35)36/h6-11,15,23-24,26H,4-5,12-14,16-18H2,1-3H3/t23-,24+,26-/m0/s1. The number of nitrogens with zero attached hydrogens (tertiary/aromatic N) is 3. The summed E-state index contributed by atoms with van der Waals surface area (Å²) in [4.78, 5) is 31.8. The third-order valence-corrected chi connectivity index (χ3v) is 8.33. The second-order valence-corrected chi connectivity index (χ2v) is 12.3. The minimum absolute atomic E-state index is 0.0388. The van der Waals surface area contributed by atoms with Gasteiger partial charge in [-0.15, -0.1) is 0 Å². The van der Waals surface area contributed by atoms with Crippen LogP contribution < -0.4 is 0 Å². The van der Waals surface area contributed by atoms with Crippen LogP contribution in [0.1, 0.15) is 63.1 Å². The molecule has 3 atom stereocenters. The number of likely N-dealkylation sites (tertiary alicyclic amines) is 1. The van der Waals surface area contributed by atoms with Crippen molar-refractivity contribution in [3.05, 3.63) is 70.2 Å². The molecule has 0 radical (unpaired) electrons. The number of benzene rings is 2. The molecule has 2 amide bonds. The lowest BCUT2D eigenvalue weighted by Crippen LogP contribution is -2.48. The van der Waals surface area contributed by atoms with Crippen LogP contribution in [-0.2, 0) is 9.59 Å². The summed E-state index contributed by atoms with van der Waals surface area (Å²) in [5.74, 6) is -3.90. The second kappa shape index (κ2) is 12.3. The van der Waals surface area contributed by atoms with Gasteiger partial charge in [-0.3, -0.25) is 14.5 Å². The second-order valence-electron chi connectivity index (χ2n) is 11.9. The van der Waals surface area contributed by atoms with E-state index in [1.165, 1.54) is 17.0 Å². The summed E-state index contributed by atoms with van der Waals surface area (Å²) in [6.45, 7) is 7.03. The summed E-state index contributed by atoms with van der Waals surface area (Å²) in [6.07, 6.45) is -5.48. The van der Waals surface area contributed by atoms with Crippen molar-refractivity contribution in [1.82, 2.24) is 14.7 Å². The lowest BCUT2D eigenvalue weighted by molar-refractivity contribution is -0.164. The van der Waals surface area contributed by atoms with Gasteiger partial charge in [-0.1, -0.05) is 29.8 Å². The number of hydrogen-bond donors (Lipinski definition) is 0. The molecule has 0 bridgehead atoms. The maximum absolute atomic E-state index is 14.9. The molecule has 224 valence electrons. The average molecular weight is 600 g/mol. The van der Waals surface area contributed by atoms with E-state index in [-0.39, 0.29) is 30.1 Å². The van der Waals surface area contributed by atoms with E-state index in [1.807, 2.05) is 20.8 Å². The Morgan fingerprint density at radius 1 is 0.951 bits per heavy atom. The van der Waals surface area contributed by atoms with Gasteiger partial charge in [0.2, 0.25) is 11.8 Å². The zero-order chi connectivity index (χ0) is 30.1. The minimum atomic E-state index is -4.67. The molecule has 2 aliphatic heterocycles. The van der Waals surface area contributed by atoms with Crippen molar-refractivity contribution < 1.29 is 31.5 Å². The van der Waals surface area contributed by atoms with Crippen LogP contribution in [0.2, 0.25) is 5.02 Å². The number of halogens is 6. The van der Waals surface area contributed by atoms with Crippen molar-refractivity contribution in [3.63, 3.8) is 0 Å². The smallest absolute Gasteiger partial charge is 0.341 e. The molecule has 2 fully saturated rings. The van der Waals surface area contributed by atoms with Gasteiger partial charge in [0.1, 0.15) is 18.1 Å². The lowest BCUT2D eigenvalue weighted by atomic mass is 9.87. The number of carbonyl (C=O) groups excluding carboxylic acids is 2. The molecule has 0 aromatic heterocycles. The molecule has 0 saturated carbocycles. The molecule has 5 nitrogen and oxygen atoms in total. The van der Waals surface area contributed by atoms with E-state index >= 15 is 0 Å². The first-order valence-corrected chi connectivity index (χ1v) is 14.1. The molecule has 11 heteroatoms. The van der Waals surface area contributed by atoms with Crippen LogP contribution in [0.25, 0.3) is 0 Å². The SMILES string of the molecule is CC(C)(C)N1C[C@@H](C(=O)N2CCC[C@@H](c3ccc(Cl)cc3)N(C(=O)CC(F)(F)F)CC2)[C@H](c2ccc(F)cc2F)C1. The molecule has 0 spiro atoms. The third kappa shape index (κ3) is 7.57. The van der Waals surface area contributed by atoms with Gasteiger partial charge >= 0.3 is 6.18 Å². The highest BCUT2D eigenvalue weighted by Gasteiger charge is 2.45. The number of hydrogen-bond acceptors (Lipinski definition) is 3. The Kier molecular flexibility index (Phi) is 9.33. The molecular formula is C30H35ClF5N3O2. The largest absolute Gasteiger partial charge is 0.397 e. The number of rotatable bonds is 4.